The van der Waals surface area contributed by atoms with Crippen LogP contribution >= 0.6 is 15.9 Å². The standard InChI is InChI=1S/C14H20BrF2N/c1-5-8-18-13(14(2,3)4)11-10(16)7-6-9(15)12(11)17/h6-7,13,18H,5,8H2,1-4H3. The quantitative estimate of drug-likeness (QED) is 0.785. The number of benzene rings is 1. The van der Waals surface area contributed by atoms with Crippen molar-refractivity contribution in [2.75, 3.05) is 6.54 Å². The van der Waals surface area contributed by atoms with Crippen molar-refractivity contribution in [1.29, 1.82) is 0 Å². The van der Waals surface area contributed by atoms with Crippen LogP contribution in [0.2, 0.25) is 0 Å². The third-order valence-corrected chi connectivity index (χ3v) is 3.45. The molecule has 0 saturated carbocycles. The normalized spacial score (nSPS) is 13.7. The van der Waals surface area contributed by atoms with Gasteiger partial charge in [-0.2, -0.15) is 0 Å². The molecular formula is C14H20BrF2N. The van der Waals surface area contributed by atoms with Crippen molar-refractivity contribution in [1.82, 2.24) is 5.32 Å². The van der Waals surface area contributed by atoms with Gasteiger partial charge in [0.25, 0.3) is 0 Å². The van der Waals surface area contributed by atoms with E-state index in [9.17, 15) is 8.78 Å². The van der Waals surface area contributed by atoms with E-state index in [0.29, 0.717) is 4.47 Å². The lowest BCUT2D eigenvalue weighted by atomic mass is 9.82. The van der Waals surface area contributed by atoms with Crippen LogP contribution in [0, 0.1) is 17.0 Å². The summed E-state index contributed by atoms with van der Waals surface area (Å²) in [6.07, 6.45) is 0.920. The number of hydrogen-bond donors (Lipinski definition) is 1. The summed E-state index contributed by atoms with van der Waals surface area (Å²) in [6, 6.07) is 2.35. The van der Waals surface area contributed by atoms with Crippen molar-refractivity contribution in [2.45, 2.75) is 40.2 Å². The molecule has 1 nitrogen and oxygen atoms in total. The van der Waals surface area contributed by atoms with E-state index in [1.807, 2.05) is 27.7 Å². The second-order valence-electron chi connectivity index (χ2n) is 5.51. The highest BCUT2D eigenvalue weighted by Gasteiger charge is 2.31. The van der Waals surface area contributed by atoms with Gasteiger partial charge in [0.05, 0.1) is 4.47 Å². The van der Waals surface area contributed by atoms with E-state index in [0.717, 1.165) is 13.0 Å². The lowest BCUT2D eigenvalue weighted by Crippen LogP contribution is -2.34. The lowest BCUT2D eigenvalue weighted by Gasteiger charge is -2.32. The molecule has 1 atom stereocenters. The summed E-state index contributed by atoms with van der Waals surface area (Å²) in [5, 5.41) is 3.23. The monoisotopic (exact) mass is 319 g/mol. The van der Waals surface area contributed by atoms with Gasteiger partial charge in [-0.1, -0.05) is 27.7 Å². The largest absolute Gasteiger partial charge is 0.309 e. The fourth-order valence-corrected chi connectivity index (χ4v) is 2.28. The molecule has 0 radical (unpaired) electrons. The zero-order valence-electron chi connectivity index (χ0n) is 11.3. The zero-order valence-corrected chi connectivity index (χ0v) is 12.9. The predicted molar refractivity (Wildman–Crippen MR) is 74.5 cm³/mol. The molecular weight excluding hydrogens is 300 g/mol. The molecule has 18 heavy (non-hydrogen) atoms. The van der Waals surface area contributed by atoms with Crippen molar-refractivity contribution in [2.24, 2.45) is 5.41 Å². The van der Waals surface area contributed by atoms with Gasteiger partial charge in [0.1, 0.15) is 11.6 Å². The number of hydrogen-bond acceptors (Lipinski definition) is 1. The molecule has 0 aliphatic rings. The van der Waals surface area contributed by atoms with Gasteiger partial charge in [-0.15, -0.1) is 0 Å². The topological polar surface area (TPSA) is 12.0 Å². The predicted octanol–water partition coefficient (Wildman–Crippen LogP) is 4.81. The second kappa shape index (κ2) is 6.11. The van der Waals surface area contributed by atoms with Crippen LogP contribution < -0.4 is 5.32 Å². The first kappa shape index (κ1) is 15.6. The summed E-state index contributed by atoms with van der Waals surface area (Å²) < 4.78 is 28.4. The Kier molecular flexibility index (Phi) is 5.29. The van der Waals surface area contributed by atoms with E-state index >= 15 is 0 Å². The molecule has 1 aromatic rings. The molecule has 0 bridgehead atoms. The van der Waals surface area contributed by atoms with E-state index in [4.69, 9.17) is 0 Å². The Morgan fingerprint density at radius 1 is 1.28 bits per heavy atom. The molecule has 0 aliphatic carbocycles. The van der Waals surface area contributed by atoms with Crippen molar-refractivity contribution in [3.8, 4) is 0 Å². The molecule has 1 unspecified atom stereocenters. The third kappa shape index (κ3) is 3.51. The van der Waals surface area contributed by atoms with Gasteiger partial charge in [0, 0.05) is 11.6 Å². The summed E-state index contributed by atoms with van der Waals surface area (Å²) >= 11 is 3.11. The highest BCUT2D eigenvalue weighted by Crippen LogP contribution is 2.37. The Morgan fingerprint density at radius 3 is 2.39 bits per heavy atom. The van der Waals surface area contributed by atoms with Gasteiger partial charge in [0.2, 0.25) is 0 Å². The Bertz CT molecular complexity index is 413. The smallest absolute Gasteiger partial charge is 0.145 e. The van der Waals surface area contributed by atoms with Gasteiger partial charge < -0.3 is 5.32 Å². The van der Waals surface area contributed by atoms with E-state index < -0.39 is 11.6 Å². The van der Waals surface area contributed by atoms with Crippen LogP contribution in [-0.4, -0.2) is 6.54 Å². The van der Waals surface area contributed by atoms with Crippen LogP contribution in [0.4, 0.5) is 8.78 Å². The van der Waals surface area contributed by atoms with Crippen LogP contribution in [0.25, 0.3) is 0 Å². The van der Waals surface area contributed by atoms with Gasteiger partial charge in [-0.3, -0.25) is 0 Å². The first-order valence-electron chi connectivity index (χ1n) is 6.15. The van der Waals surface area contributed by atoms with Crippen molar-refractivity contribution >= 4 is 15.9 Å². The summed E-state index contributed by atoms with van der Waals surface area (Å²) in [4.78, 5) is 0. The lowest BCUT2D eigenvalue weighted by molar-refractivity contribution is 0.259. The van der Waals surface area contributed by atoms with Crippen molar-refractivity contribution in [3.63, 3.8) is 0 Å². The Morgan fingerprint density at radius 2 is 1.89 bits per heavy atom. The summed E-state index contributed by atoms with van der Waals surface area (Å²) in [5.74, 6) is -1.02. The molecule has 4 heteroatoms. The van der Waals surface area contributed by atoms with Crippen LogP contribution in [0.3, 0.4) is 0 Å². The molecule has 1 rings (SSSR count). The second-order valence-corrected chi connectivity index (χ2v) is 6.36. The molecule has 0 aromatic heterocycles. The van der Waals surface area contributed by atoms with E-state index in [2.05, 4.69) is 21.2 Å². The molecule has 0 heterocycles. The average molecular weight is 320 g/mol. The molecule has 0 saturated heterocycles. The van der Waals surface area contributed by atoms with Gasteiger partial charge in [0.15, 0.2) is 0 Å². The van der Waals surface area contributed by atoms with E-state index in [1.54, 1.807) is 0 Å². The van der Waals surface area contributed by atoms with Gasteiger partial charge in [-0.05, 0) is 46.4 Å². The highest BCUT2D eigenvalue weighted by molar-refractivity contribution is 9.10. The Hall–Kier alpha value is -0.480. The molecule has 102 valence electrons. The maximum Gasteiger partial charge on any atom is 0.145 e. The van der Waals surface area contributed by atoms with Crippen LogP contribution in [0.5, 0.6) is 0 Å². The van der Waals surface area contributed by atoms with Crippen LogP contribution in [-0.2, 0) is 0 Å². The highest BCUT2D eigenvalue weighted by atomic mass is 79.9. The molecule has 1 aromatic carbocycles. The average Bonchev–Trinajstić information content (AvgIpc) is 2.27. The summed E-state index contributed by atoms with van der Waals surface area (Å²) in [5.41, 5.74) is -0.150. The maximum absolute atomic E-state index is 14.1. The van der Waals surface area contributed by atoms with Gasteiger partial charge in [-0.25, -0.2) is 8.78 Å². The molecule has 1 N–H and O–H groups in total. The minimum atomic E-state index is -0.515. The molecule has 0 amide bonds. The molecule has 0 fully saturated rings. The van der Waals surface area contributed by atoms with Crippen LogP contribution in [0.1, 0.15) is 45.7 Å². The summed E-state index contributed by atoms with van der Waals surface area (Å²) in [6.45, 7) is 8.67. The SMILES string of the molecule is CCCNC(c1c(F)ccc(Br)c1F)C(C)(C)C. The molecule has 0 aliphatic heterocycles. The minimum absolute atomic E-state index is 0.116. The van der Waals surface area contributed by atoms with E-state index in [-0.39, 0.29) is 17.0 Å². The Balaban J connectivity index is 3.25. The number of halogens is 3. The first-order valence-corrected chi connectivity index (χ1v) is 6.95. The third-order valence-electron chi connectivity index (χ3n) is 2.83. The maximum atomic E-state index is 14.1. The Labute approximate surface area is 116 Å². The first-order chi connectivity index (χ1) is 8.29. The van der Waals surface area contributed by atoms with Crippen LogP contribution in [0.15, 0.2) is 16.6 Å². The van der Waals surface area contributed by atoms with Gasteiger partial charge >= 0.3 is 0 Å². The summed E-state index contributed by atoms with van der Waals surface area (Å²) in [7, 11) is 0. The van der Waals surface area contributed by atoms with Crippen molar-refractivity contribution in [3.05, 3.63) is 33.8 Å². The minimum Gasteiger partial charge on any atom is -0.309 e. The zero-order chi connectivity index (χ0) is 13.9. The fourth-order valence-electron chi connectivity index (χ4n) is 1.94. The van der Waals surface area contributed by atoms with Crippen molar-refractivity contribution < 1.29 is 8.78 Å². The number of rotatable bonds is 4. The fraction of sp³-hybridized carbons (Fsp3) is 0.571. The van der Waals surface area contributed by atoms with E-state index in [1.165, 1.54) is 12.1 Å². The molecule has 0 spiro atoms. The number of nitrogens with one attached hydrogen (secondary N) is 1.